The molecule has 23 heavy (non-hydrogen) atoms. The summed E-state index contributed by atoms with van der Waals surface area (Å²) >= 11 is 0. The SMILES string of the molecule is CCCn1nccc1C(=O)N1CC[C@H]2COCC(=O)N(C)[C@H]2C1. The van der Waals surface area contributed by atoms with Crippen LogP contribution in [0.3, 0.4) is 0 Å². The van der Waals surface area contributed by atoms with Gasteiger partial charge in [-0.05, 0) is 18.9 Å². The number of carbonyl (C=O) groups excluding carboxylic acids is 2. The Labute approximate surface area is 136 Å². The van der Waals surface area contributed by atoms with Gasteiger partial charge in [-0.15, -0.1) is 0 Å². The lowest BCUT2D eigenvalue weighted by atomic mass is 9.91. The molecule has 2 aliphatic rings. The first-order chi connectivity index (χ1) is 11.1. The molecule has 0 saturated carbocycles. The van der Waals surface area contributed by atoms with Gasteiger partial charge in [-0.3, -0.25) is 14.3 Å². The minimum absolute atomic E-state index is 0.000384. The second kappa shape index (κ2) is 6.70. The first-order valence-electron chi connectivity index (χ1n) is 8.26. The van der Waals surface area contributed by atoms with E-state index in [0.29, 0.717) is 31.3 Å². The number of rotatable bonds is 3. The van der Waals surface area contributed by atoms with Gasteiger partial charge in [0.2, 0.25) is 5.91 Å². The molecule has 0 bridgehead atoms. The Bertz CT molecular complexity index is 586. The van der Waals surface area contributed by atoms with Gasteiger partial charge in [-0.2, -0.15) is 5.10 Å². The Morgan fingerprint density at radius 1 is 1.48 bits per heavy atom. The molecule has 0 aliphatic carbocycles. The highest BCUT2D eigenvalue weighted by molar-refractivity contribution is 5.92. The van der Waals surface area contributed by atoms with Crippen molar-refractivity contribution >= 4 is 11.8 Å². The van der Waals surface area contributed by atoms with Gasteiger partial charge in [0.05, 0.1) is 12.6 Å². The van der Waals surface area contributed by atoms with Crippen LogP contribution in [0.15, 0.2) is 12.3 Å². The molecular formula is C16H24N4O3. The van der Waals surface area contributed by atoms with Gasteiger partial charge in [0.15, 0.2) is 0 Å². The van der Waals surface area contributed by atoms with E-state index in [1.165, 1.54) is 0 Å². The third kappa shape index (κ3) is 3.10. The highest BCUT2D eigenvalue weighted by atomic mass is 16.5. The molecule has 3 rings (SSSR count). The molecule has 7 nitrogen and oxygen atoms in total. The minimum Gasteiger partial charge on any atom is -0.371 e. The van der Waals surface area contributed by atoms with E-state index in [2.05, 4.69) is 12.0 Å². The number of carbonyl (C=O) groups is 2. The topological polar surface area (TPSA) is 67.7 Å². The Kier molecular flexibility index (Phi) is 4.66. The summed E-state index contributed by atoms with van der Waals surface area (Å²) in [5.74, 6) is 0.291. The van der Waals surface area contributed by atoms with E-state index < -0.39 is 0 Å². The third-order valence-corrected chi connectivity index (χ3v) is 4.83. The summed E-state index contributed by atoms with van der Waals surface area (Å²) in [5, 5.41) is 4.23. The van der Waals surface area contributed by atoms with Crippen LogP contribution in [0.5, 0.6) is 0 Å². The maximum Gasteiger partial charge on any atom is 0.272 e. The van der Waals surface area contributed by atoms with Crippen LogP contribution < -0.4 is 0 Å². The fourth-order valence-corrected chi connectivity index (χ4v) is 3.45. The molecule has 2 amide bonds. The van der Waals surface area contributed by atoms with E-state index in [1.807, 2.05) is 11.9 Å². The van der Waals surface area contributed by atoms with Crippen molar-refractivity contribution in [3.8, 4) is 0 Å². The Morgan fingerprint density at radius 3 is 3.09 bits per heavy atom. The number of fused-ring (bicyclic) bond motifs is 1. The molecule has 0 aromatic carbocycles. The fraction of sp³-hybridized carbons (Fsp3) is 0.688. The van der Waals surface area contributed by atoms with Gasteiger partial charge in [0.1, 0.15) is 12.3 Å². The number of hydrogen-bond donors (Lipinski definition) is 0. The summed E-state index contributed by atoms with van der Waals surface area (Å²) in [6, 6.07) is 1.81. The van der Waals surface area contributed by atoms with Crippen LogP contribution in [0.2, 0.25) is 0 Å². The lowest BCUT2D eigenvalue weighted by Crippen LogP contribution is -2.54. The largest absolute Gasteiger partial charge is 0.371 e. The lowest BCUT2D eigenvalue weighted by molar-refractivity contribution is -0.134. The van der Waals surface area contributed by atoms with Gasteiger partial charge < -0.3 is 14.5 Å². The molecule has 3 heterocycles. The number of likely N-dealkylation sites (N-methyl/N-ethyl adjacent to an activating group) is 1. The fourth-order valence-electron chi connectivity index (χ4n) is 3.45. The zero-order valence-corrected chi connectivity index (χ0v) is 13.8. The van der Waals surface area contributed by atoms with Crippen molar-refractivity contribution in [1.29, 1.82) is 0 Å². The molecule has 1 aromatic heterocycles. The predicted octanol–water partition coefficient (Wildman–Crippen LogP) is 0.612. The second-order valence-corrected chi connectivity index (χ2v) is 6.33. The second-order valence-electron chi connectivity index (χ2n) is 6.33. The summed E-state index contributed by atoms with van der Waals surface area (Å²) in [6.45, 7) is 4.79. The van der Waals surface area contributed by atoms with Gasteiger partial charge in [-0.25, -0.2) is 0 Å². The first kappa shape index (κ1) is 16.0. The number of aryl methyl sites for hydroxylation is 1. The quantitative estimate of drug-likeness (QED) is 0.818. The number of amides is 2. The zero-order valence-electron chi connectivity index (χ0n) is 13.8. The monoisotopic (exact) mass is 320 g/mol. The van der Waals surface area contributed by atoms with Gasteiger partial charge in [0.25, 0.3) is 5.91 Å². The van der Waals surface area contributed by atoms with Crippen LogP contribution in [-0.2, 0) is 16.1 Å². The van der Waals surface area contributed by atoms with Crippen LogP contribution >= 0.6 is 0 Å². The number of hydrogen-bond acceptors (Lipinski definition) is 4. The van der Waals surface area contributed by atoms with Crippen LogP contribution in [0, 0.1) is 5.92 Å². The molecule has 0 N–H and O–H groups in total. The first-order valence-corrected chi connectivity index (χ1v) is 8.26. The number of nitrogens with zero attached hydrogens (tertiary/aromatic N) is 4. The molecule has 2 atom stereocenters. The summed E-state index contributed by atoms with van der Waals surface area (Å²) < 4.78 is 7.22. The number of ether oxygens (including phenoxy) is 1. The Morgan fingerprint density at radius 2 is 2.30 bits per heavy atom. The Balaban J connectivity index is 1.75. The highest BCUT2D eigenvalue weighted by Gasteiger charge is 2.38. The van der Waals surface area contributed by atoms with E-state index in [1.54, 1.807) is 21.8 Å². The van der Waals surface area contributed by atoms with Crippen molar-refractivity contribution in [2.24, 2.45) is 5.92 Å². The van der Waals surface area contributed by atoms with E-state index in [9.17, 15) is 9.59 Å². The van der Waals surface area contributed by atoms with Crippen molar-refractivity contribution < 1.29 is 14.3 Å². The van der Waals surface area contributed by atoms with Crippen molar-refractivity contribution in [2.75, 3.05) is 33.4 Å². The standard InChI is InChI=1S/C16H24N4O3/c1-3-7-20-13(4-6-17-20)16(22)19-8-5-12-10-23-11-15(21)18(2)14(12)9-19/h4,6,12,14H,3,5,7-11H2,1-2H3/t12-,14-/m0/s1. The van der Waals surface area contributed by atoms with E-state index in [-0.39, 0.29) is 24.5 Å². The number of aromatic nitrogens is 2. The van der Waals surface area contributed by atoms with Gasteiger partial charge >= 0.3 is 0 Å². The van der Waals surface area contributed by atoms with Crippen molar-refractivity contribution in [2.45, 2.75) is 32.4 Å². The average molecular weight is 320 g/mol. The predicted molar refractivity (Wildman–Crippen MR) is 83.9 cm³/mol. The summed E-state index contributed by atoms with van der Waals surface area (Å²) in [6.07, 6.45) is 3.46. The molecule has 0 spiro atoms. The summed E-state index contributed by atoms with van der Waals surface area (Å²) in [5.41, 5.74) is 0.629. The van der Waals surface area contributed by atoms with Gasteiger partial charge in [0, 0.05) is 38.8 Å². The maximum atomic E-state index is 12.8. The normalized spacial score (nSPS) is 25.2. The van der Waals surface area contributed by atoms with E-state index in [4.69, 9.17) is 4.74 Å². The molecule has 126 valence electrons. The van der Waals surface area contributed by atoms with Gasteiger partial charge in [-0.1, -0.05) is 6.92 Å². The molecule has 0 radical (unpaired) electrons. The van der Waals surface area contributed by atoms with Crippen LogP contribution in [-0.4, -0.2) is 70.8 Å². The molecular weight excluding hydrogens is 296 g/mol. The lowest BCUT2D eigenvalue weighted by Gasteiger charge is -2.41. The average Bonchev–Trinajstić information content (AvgIpc) is 2.96. The van der Waals surface area contributed by atoms with E-state index in [0.717, 1.165) is 19.4 Å². The molecule has 2 fully saturated rings. The Hall–Kier alpha value is -1.89. The summed E-state index contributed by atoms with van der Waals surface area (Å²) in [7, 11) is 1.81. The third-order valence-electron chi connectivity index (χ3n) is 4.83. The van der Waals surface area contributed by atoms with Crippen LogP contribution in [0.25, 0.3) is 0 Å². The molecule has 2 aliphatic heterocycles. The van der Waals surface area contributed by atoms with E-state index >= 15 is 0 Å². The number of likely N-dealkylation sites (tertiary alicyclic amines) is 1. The smallest absolute Gasteiger partial charge is 0.272 e. The maximum absolute atomic E-state index is 12.8. The molecule has 2 saturated heterocycles. The van der Waals surface area contributed by atoms with Crippen molar-refractivity contribution in [3.05, 3.63) is 18.0 Å². The molecule has 1 aromatic rings. The zero-order chi connectivity index (χ0) is 16.4. The minimum atomic E-state index is -0.0113. The molecule has 7 heteroatoms. The van der Waals surface area contributed by atoms with Crippen LogP contribution in [0.4, 0.5) is 0 Å². The summed E-state index contributed by atoms with van der Waals surface area (Å²) in [4.78, 5) is 28.4. The van der Waals surface area contributed by atoms with Crippen molar-refractivity contribution in [1.82, 2.24) is 19.6 Å². The number of piperidine rings is 1. The highest BCUT2D eigenvalue weighted by Crippen LogP contribution is 2.25. The van der Waals surface area contributed by atoms with Crippen molar-refractivity contribution in [3.63, 3.8) is 0 Å². The van der Waals surface area contributed by atoms with Crippen LogP contribution in [0.1, 0.15) is 30.3 Å². The molecule has 0 unspecified atom stereocenters.